The summed E-state index contributed by atoms with van der Waals surface area (Å²) < 4.78 is 11.0. The molecule has 6 rings (SSSR count). The number of fused-ring (bicyclic) bond motifs is 2. The molecule has 2 aliphatic heterocycles. The van der Waals surface area contributed by atoms with E-state index in [2.05, 4.69) is 98.4 Å². The van der Waals surface area contributed by atoms with Crippen molar-refractivity contribution < 1.29 is 19.7 Å². The molecule has 0 aromatic heterocycles. The van der Waals surface area contributed by atoms with Gasteiger partial charge in [-0.1, -0.05) is 127 Å². The Bertz CT molecular complexity index is 2230. The molecule has 0 saturated heterocycles. The number of phenols is 2. The summed E-state index contributed by atoms with van der Waals surface area (Å²) in [7, 11) is 3.49. The fourth-order valence-corrected chi connectivity index (χ4v) is 15.4. The maximum absolute atomic E-state index is 10.0. The van der Waals surface area contributed by atoms with Gasteiger partial charge in [0.25, 0.3) is 0 Å². The zero-order chi connectivity index (χ0) is 51.3. The van der Waals surface area contributed by atoms with Gasteiger partial charge in [0.05, 0.1) is 26.4 Å². The third kappa shape index (κ3) is 19.0. The van der Waals surface area contributed by atoms with Gasteiger partial charge >= 0.3 is 0 Å². The van der Waals surface area contributed by atoms with Gasteiger partial charge in [-0.3, -0.25) is 0 Å². The Kier molecular flexibility index (Phi) is 27.5. The number of benzene rings is 4. The molecule has 2 aliphatic rings. The molecule has 2 N–H and O–H groups in total. The smallest absolute Gasteiger partial charge is 0.119 e. The molecule has 0 amide bonds. The molecule has 392 valence electrons. The monoisotopic (exact) mass is 1050 g/mol. The highest BCUT2D eigenvalue weighted by Crippen LogP contribution is 2.54. The van der Waals surface area contributed by atoms with E-state index in [1.807, 2.05) is 59.6 Å². The van der Waals surface area contributed by atoms with Gasteiger partial charge in [-0.2, -0.15) is 34.0 Å². The summed E-state index contributed by atoms with van der Waals surface area (Å²) in [6.07, 6.45) is 26.7. The number of nitrogens with zero attached hydrogens (tertiary/aromatic N) is 2. The lowest BCUT2D eigenvalue weighted by Crippen LogP contribution is -2.36. The molecule has 0 bridgehead atoms. The number of hydrogen-bond acceptors (Lipinski definition) is 10. The van der Waals surface area contributed by atoms with Crippen LogP contribution in [0.4, 0.5) is 0 Å². The van der Waals surface area contributed by atoms with Crippen LogP contribution in [0.2, 0.25) is 0 Å². The van der Waals surface area contributed by atoms with Crippen molar-refractivity contribution in [1.29, 1.82) is 10.5 Å². The van der Waals surface area contributed by atoms with Crippen LogP contribution in [0.15, 0.2) is 94.7 Å². The number of phenolic OH excluding ortho intramolecular Hbond substituents is 2. The van der Waals surface area contributed by atoms with E-state index in [1.54, 1.807) is 14.2 Å². The average Bonchev–Trinajstić information content (AvgIpc) is 3.40. The Balaban J connectivity index is 0.000000268. The van der Waals surface area contributed by atoms with Crippen LogP contribution in [0.1, 0.15) is 189 Å². The number of rotatable bonds is 32. The minimum Gasteiger partial charge on any atom is -0.508 e. The van der Waals surface area contributed by atoms with Crippen LogP contribution >= 0.6 is 47.0 Å². The van der Waals surface area contributed by atoms with Crippen molar-refractivity contribution in [3.05, 3.63) is 107 Å². The molecule has 4 aromatic rings. The van der Waals surface area contributed by atoms with Gasteiger partial charge in [-0.15, -0.1) is 23.5 Å². The topological polar surface area (TPSA) is 106 Å². The maximum Gasteiger partial charge on any atom is 0.119 e. The van der Waals surface area contributed by atoms with Crippen LogP contribution in [-0.4, -0.2) is 58.9 Å². The number of aromatic hydroxyl groups is 2. The van der Waals surface area contributed by atoms with E-state index in [0.29, 0.717) is 36.2 Å². The van der Waals surface area contributed by atoms with Crippen LogP contribution in [0.25, 0.3) is 0 Å². The minimum absolute atomic E-state index is 0.00854. The second-order valence-electron chi connectivity index (χ2n) is 20.4. The standard InChI is InChI=1S/C32H45NO2S2.C30H41NO2S2/c1-32(26-15-17-27(34-2)18-16-26)25-37-31-24-28(35-3)19-20-29(31)30(32)14-10-7-5-4-6-8-12-22-36-23-13-9-11-21-33;1-30(24-13-15-25(32)16-14-24)23-35-29-22-26(33)17-18-27(29)28(30)12-8-5-3-2-4-6-10-20-34-21-11-7-9-19-31/h15-20,24,30H,4-14,22-23,25H2,1-3H3;13-18,22,28,32-33H,2-12,20-21,23H2,1H3. The molecule has 0 radical (unpaired) electrons. The van der Waals surface area contributed by atoms with E-state index >= 15 is 0 Å². The van der Waals surface area contributed by atoms with Gasteiger partial charge < -0.3 is 19.7 Å². The van der Waals surface area contributed by atoms with Gasteiger partial charge in [-0.25, -0.2) is 0 Å². The van der Waals surface area contributed by atoms with Gasteiger partial charge in [-0.05, 0) is 157 Å². The van der Waals surface area contributed by atoms with Crippen LogP contribution in [0.3, 0.4) is 0 Å². The number of thioether (sulfide) groups is 4. The summed E-state index contributed by atoms with van der Waals surface area (Å²) in [6.45, 7) is 4.83. The molecule has 0 spiro atoms. The summed E-state index contributed by atoms with van der Waals surface area (Å²) in [4.78, 5) is 2.60. The van der Waals surface area contributed by atoms with Crippen molar-refractivity contribution in [2.24, 2.45) is 0 Å². The SMILES string of the molecule is CC1(c2ccc(O)cc2)CSc2cc(O)ccc2C1CCCCCCCCCSCCCCC#N.COc1ccc(C2(C)CSc3cc(OC)ccc3C2CCCCCCCCCSCCCCC#N)cc1. The van der Waals surface area contributed by atoms with Crippen molar-refractivity contribution in [2.45, 2.75) is 188 Å². The number of nitriles is 2. The van der Waals surface area contributed by atoms with Crippen LogP contribution in [-0.2, 0) is 10.8 Å². The van der Waals surface area contributed by atoms with E-state index in [4.69, 9.17) is 20.0 Å². The molecule has 4 atom stereocenters. The predicted octanol–water partition coefficient (Wildman–Crippen LogP) is 18.2. The Morgan fingerprint density at radius 3 is 1.32 bits per heavy atom. The molecular weight excluding hydrogens is 965 g/mol. The maximum atomic E-state index is 10.0. The lowest BCUT2D eigenvalue weighted by molar-refractivity contribution is 0.369. The molecule has 2 heterocycles. The Labute approximate surface area is 453 Å². The molecular formula is C62H86N2O4S4. The summed E-state index contributed by atoms with van der Waals surface area (Å²) >= 11 is 7.92. The quantitative estimate of drug-likeness (QED) is 0.0459. The van der Waals surface area contributed by atoms with Gasteiger partial charge in [0.2, 0.25) is 0 Å². The molecule has 0 saturated carbocycles. The summed E-state index contributed by atoms with van der Waals surface area (Å²) in [5.41, 5.74) is 5.66. The zero-order valence-electron chi connectivity index (χ0n) is 44.3. The summed E-state index contributed by atoms with van der Waals surface area (Å²) in [5.74, 6) is 10.5. The van der Waals surface area contributed by atoms with E-state index in [1.165, 1.54) is 164 Å². The highest BCUT2D eigenvalue weighted by atomic mass is 32.2. The number of methoxy groups -OCH3 is 2. The fourth-order valence-electron chi connectivity index (χ4n) is 10.6. The van der Waals surface area contributed by atoms with E-state index in [0.717, 1.165) is 42.3 Å². The Morgan fingerprint density at radius 2 is 0.861 bits per heavy atom. The molecule has 10 heteroatoms. The van der Waals surface area contributed by atoms with Crippen molar-refractivity contribution in [3.8, 4) is 35.1 Å². The first-order valence-corrected chi connectivity index (χ1v) is 31.5. The normalized spacial score (nSPS) is 19.0. The highest BCUT2D eigenvalue weighted by Gasteiger charge is 2.42. The summed E-state index contributed by atoms with van der Waals surface area (Å²) in [6, 6.07) is 33.5. The molecule has 0 fully saturated rings. The molecule has 4 unspecified atom stereocenters. The van der Waals surface area contributed by atoms with Crippen LogP contribution in [0.5, 0.6) is 23.0 Å². The Hall–Kier alpha value is -3.54. The number of ether oxygens (including phenoxy) is 2. The lowest BCUT2D eigenvalue weighted by Gasteiger charge is -2.43. The van der Waals surface area contributed by atoms with Crippen molar-refractivity contribution >= 4 is 47.0 Å². The number of unbranched alkanes of at least 4 members (excludes halogenated alkanes) is 16. The Morgan fingerprint density at radius 1 is 0.486 bits per heavy atom. The minimum atomic E-state index is 0.00854. The van der Waals surface area contributed by atoms with E-state index in [9.17, 15) is 10.2 Å². The lowest BCUT2D eigenvalue weighted by atomic mass is 9.68. The van der Waals surface area contributed by atoms with E-state index in [-0.39, 0.29) is 10.8 Å². The van der Waals surface area contributed by atoms with Crippen LogP contribution in [0, 0.1) is 22.7 Å². The van der Waals surface area contributed by atoms with Gasteiger partial charge in [0.15, 0.2) is 0 Å². The van der Waals surface area contributed by atoms with Crippen molar-refractivity contribution in [1.82, 2.24) is 0 Å². The molecule has 72 heavy (non-hydrogen) atoms. The predicted molar refractivity (Wildman–Crippen MR) is 311 cm³/mol. The first kappa shape index (κ1) is 59.3. The van der Waals surface area contributed by atoms with Crippen molar-refractivity contribution in [2.75, 3.05) is 48.7 Å². The zero-order valence-corrected chi connectivity index (χ0v) is 47.5. The molecule has 6 nitrogen and oxygen atoms in total. The van der Waals surface area contributed by atoms with Gasteiger partial charge in [0, 0.05) is 45.0 Å². The second kappa shape index (κ2) is 33.4. The highest BCUT2D eigenvalue weighted by molar-refractivity contribution is 8.00. The van der Waals surface area contributed by atoms with Gasteiger partial charge in [0.1, 0.15) is 23.0 Å². The van der Waals surface area contributed by atoms with Crippen molar-refractivity contribution in [3.63, 3.8) is 0 Å². The fraction of sp³-hybridized carbons (Fsp3) is 0.581. The average molecular weight is 1050 g/mol. The largest absolute Gasteiger partial charge is 0.508 e. The first-order valence-electron chi connectivity index (χ1n) is 27.3. The second-order valence-corrected chi connectivity index (χ2v) is 24.9. The van der Waals surface area contributed by atoms with Crippen LogP contribution < -0.4 is 9.47 Å². The molecule has 4 aromatic carbocycles. The third-order valence-electron chi connectivity index (χ3n) is 15.1. The summed E-state index contributed by atoms with van der Waals surface area (Å²) in [5, 5.41) is 37.0. The first-order chi connectivity index (χ1) is 35.2. The van der Waals surface area contributed by atoms with E-state index < -0.39 is 0 Å². The number of hydrogen-bond donors (Lipinski definition) is 2. The third-order valence-corrected chi connectivity index (χ3v) is 20.2. The molecule has 0 aliphatic carbocycles.